The molecule has 1 heterocycles. The molecule has 2 aromatic rings. The number of rotatable bonds is 5. The van der Waals surface area contributed by atoms with Gasteiger partial charge in [0.15, 0.2) is 5.82 Å². The molecule has 1 aromatic heterocycles. The van der Waals surface area contributed by atoms with Gasteiger partial charge in [-0.2, -0.15) is 4.98 Å². The van der Waals surface area contributed by atoms with Gasteiger partial charge in [-0.25, -0.2) is 17.5 Å². The van der Waals surface area contributed by atoms with Gasteiger partial charge in [0, 0.05) is 14.0 Å². The molecule has 0 atom stereocenters. The summed E-state index contributed by atoms with van der Waals surface area (Å²) in [5.74, 6) is 0.199. The molecule has 7 nitrogen and oxygen atoms in total. The van der Waals surface area contributed by atoms with Crippen LogP contribution in [0.5, 0.6) is 0 Å². The number of anilines is 1. The standard InChI is InChI=1S/C12H15FN4O3S/c1-8-15-12(16-20-8)7-17(3)11-5-4-9(6-10(11)13)21(18,19)14-2/h4-6,14H,7H2,1-3H3. The van der Waals surface area contributed by atoms with Gasteiger partial charge in [-0.3, -0.25) is 0 Å². The van der Waals surface area contributed by atoms with E-state index in [9.17, 15) is 12.8 Å². The lowest BCUT2D eigenvalue weighted by Crippen LogP contribution is -2.21. The molecule has 2 rings (SSSR count). The Hall–Kier alpha value is -2.00. The van der Waals surface area contributed by atoms with Crippen LogP contribution < -0.4 is 9.62 Å². The van der Waals surface area contributed by atoms with E-state index < -0.39 is 15.8 Å². The summed E-state index contributed by atoms with van der Waals surface area (Å²) < 4.78 is 44.3. The summed E-state index contributed by atoms with van der Waals surface area (Å²) in [7, 11) is -0.748. The second-order valence-corrected chi connectivity index (χ2v) is 6.29. The SMILES string of the molecule is CNS(=O)(=O)c1ccc(N(C)Cc2noc(C)n2)c(F)c1. The third-order valence-corrected chi connectivity index (χ3v) is 4.27. The highest BCUT2D eigenvalue weighted by Gasteiger charge is 2.16. The predicted molar refractivity (Wildman–Crippen MR) is 73.8 cm³/mol. The van der Waals surface area contributed by atoms with E-state index in [1.54, 1.807) is 18.9 Å². The first kappa shape index (κ1) is 15.4. The number of hydrogen-bond donors (Lipinski definition) is 1. The van der Waals surface area contributed by atoms with Gasteiger partial charge in [0.05, 0.1) is 17.1 Å². The van der Waals surface area contributed by atoms with Gasteiger partial charge in [-0.15, -0.1) is 0 Å². The summed E-state index contributed by atoms with van der Waals surface area (Å²) >= 11 is 0. The predicted octanol–water partition coefficient (Wildman–Crippen LogP) is 1.06. The minimum Gasteiger partial charge on any atom is -0.365 e. The van der Waals surface area contributed by atoms with Crippen LogP contribution in [0.2, 0.25) is 0 Å². The number of aryl methyl sites for hydroxylation is 1. The van der Waals surface area contributed by atoms with Crippen molar-refractivity contribution in [3.63, 3.8) is 0 Å². The van der Waals surface area contributed by atoms with E-state index in [1.165, 1.54) is 19.2 Å². The number of halogens is 1. The maximum absolute atomic E-state index is 14.1. The molecular formula is C12H15FN4O3S. The molecule has 1 N–H and O–H groups in total. The van der Waals surface area contributed by atoms with Crippen molar-refractivity contribution in [2.75, 3.05) is 19.0 Å². The Morgan fingerprint density at radius 1 is 1.43 bits per heavy atom. The van der Waals surface area contributed by atoms with Crippen molar-refractivity contribution in [2.45, 2.75) is 18.4 Å². The number of hydrogen-bond acceptors (Lipinski definition) is 6. The first-order valence-corrected chi connectivity index (χ1v) is 7.55. The van der Waals surface area contributed by atoms with E-state index in [4.69, 9.17) is 4.52 Å². The average Bonchev–Trinajstić information content (AvgIpc) is 2.83. The lowest BCUT2D eigenvalue weighted by Gasteiger charge is -2.18. The van der Waals surface area contributed by atoms with Crippen LogP contribution in [0.25, 0.3) is 0 Å². The molecule has 0 aliphatic carbocycles. The molecule has 9 heteroatoms. The van der Waals surface area contributed by atoms with Crippen molar-refractivity contribution in [3.8, 4) is 0 Å². The van der Waals surface area contributed by atoms with Crippen molar-refractivity contribution in [1.82, 2.24) is 14.9 Å². The van der Waals surface area contributed by atoms with Gasteiger partial charge in [0.1, 0.15) is 5.82 Å². The minimum absolute atomic E-state index is 0.130. The van der Waals surface area contributed by atoms with Gasteiger partial charge in [-0.05, 0) is 25.2 Å². The van der Waals surface area contributed by atoms with Crippen molar-refractivity contribution >= 4 is 15.7 Å². The third-order valence-electron chi connectivity index (χ3n) is 2.86. The number of nitrogens with one attached hydrogen (secondary N) is 1. The molecule has 0 unspecified atom stereocenters. The molecule has 0 spiro atoms. The lowest BCUT2D eigenvalue weighted by atomic mass is 10.3. The summed E-state index contributed by atoms with van der Waals surface area (Å²) in [5.41, 5.74) is 0.243. The van der Waals surface area contributed by atoms with Gasteiger partial charge in [-0.1, -0.05) is 5.16 Å². The molecular weight excluding hydrogens is 299 g/mol. The highest BCUT2D eigenvalue weighted by atomic mass is 32.2. The number of benzene rings is 1. The van der Waals surface area contributed by atoms with Crippen molar-refractivity contribution in [1.29, 1.82) is 0 Å². The largest absolute Gasteiger partial charge is 0.365 e. The lowest BCUT2D eigenvalue weighted by molar-refractivity contribution is 0.387. The molecule has 0 saturated heterocycles. The zero-order valence-corrected chi connectivity index (χ0v) is 12.6. The molecule has 0 fully saturated rings. The highest BCUT2D eigenvalue weighted by Crippen LogP contribution is 2.22. The van der Waals surface area contributed by atoms with Crippen LogP contribution in [0, 0.1) is 12.7 Å². The van der Waals surface area contributed by atoms with Crippen LogP contribution in [0.3, 0.4) is 0 Å². The zero-order valence-electron chi connectivity index (χ0n) is 11.8. The van der Waals surface area contributed by atoms with Crippen LogP contribution in [0.15, 0.2) is 27.6 Å². The van der Waals surface area contributed by atoms with Gasteiger partial charge in [0.25, 0.3) is 0 Å². The Balaban J connectivity index is 2.24. The maximum atomic E-state index is 14.1. The second kappa shape index (κ2) is 5.78. The van der Waals surface area contributed by atoms with E-state index in [1.807, 2.05) is 0 Å². The van der Waals surface area contributed by atoms with Gasteiger partial charge >= 0.3 is 0 Å². The molecule has 0 bridgehead atoms. The molecule has 21 heavy (non-hydrogen) atoms. The summed E-state index contributed by atoms with van der Waals surface area (Å²) in [6, 6.07) is 3.70. The monoisotopic (exact) mass is 314 g/mol. The fraction of sp³-hybridized carbons (Fsp3) is 0.333. The Kier molecular flexibility index (Phi) is 4.24. The molecule has 0 saturated carbocycles. The van der Waals surface area contributed by atoms with Crippen molar-refractivity contribution < 1.29 is 17.3 Å². The van der Waals surface area contributed by atoms with Gasteiger partial charge < -0.3 is 9.42 Å². The van der Waals surface area contributed by atoms with E-state index >= 15 is 0 Å². The third kappa shape index (κ3) is 3.37. The molecule has 0 aliphatic heterocycles. The fourth-order valence-corrected chi connectivity index (χ4v) is 2.53. The van der Waals surface area contributed by atoms with E-state index in [-0.39, 0.29) is 17.1 Å². The number of nitrogens with zero attached hydrogens (tertiary/aromatic N) is 3. The summed E-state index contributed by atoms with van der Waals surface area (Å²) in [4.78, 5) is 5.46. The molecule has 0 radical (unpaired) electrons. The smallest absolute Gasteiger partial charge is 0.240 e. The normalized spacial score (nSPS) is 11.6. The fourth-order valence-electron chi connectivity index (χ4n) is 1.79. The Labute approximate surface area is 121 Å². The van der Waals surface area contributed by atoms with Crippen LogP contribution in [0.1, 0.15) is 11.7 Å². The quantitative estimate of drug-likeness (QED) is 0.888. The second-order valence-electron chi connectivity index (χ2n) is 4.41. The summed E-state index contributed by atoms with van der Waals surface area (Å²) in [5, 5.41) is 3.72. The van der Waals surface area contributed by atoms with Crippen LogP contribution in [-0.2, 0) is 16.6 Å². The first-order chi connectivity index (χ1) is 9.83. The summed E-state index contributed by atoms with van der Waals surface area (Å²) in [6.07, 6.45) is 0. The molecule has 0 aliphatic rings. The van der Waals surface area contributed by atoms with E-state index in [0.717, 1.165) is 6.07 Å². The summed E-state index contributed by atoms with van der Waals surface area (Å²) in [6.45, 7) is 1.90. The maximum Gasteiger partial charge on any atom is 0.240 e. The molecule has 0 amide bonds. The van der Waals surface area contributed by atoms with E-state index in [2.05, 4.69) is 14.9 Å². The van der Waals surface area contributed by atoms with Gasteiger partial charge in [0.2, 0.25) is 15.9 Å². The molecule has 114 valence electrons. The van der Waals surface area contributed by atoms with Crippen LogP contribution in [0.4, 0.5) is 10.1 Å². The minimum atomic E-state index is -3.67. The van der Waals surface area contributed by atoms with Crippen LogP contribution >= 0.6 is 0 Å². The number of aromatic nitrogens is 2. The average molecular weight is 314 g/mol. The zero-order chi connectivity index (χ0) is 15.6. The Bertz CT molecular complexity index is 745. The number of sulfonamides is 1. The van der Waals surface area contributed by atoms with E-state index in [0.29, 0.717) is 11.7 Å². The Morgan fingerprint density at radius 2 is 2.14 bits per heavy atom. The van der Waals surface area contributed by atoms with Crippen molar-refractivity contribution in [3.05, 3.63) is 35.7 Å². The first-order valence-electron chi connectivity index (χ1n) is 6.07. The Morgan fingerprint density at radius 3 is 2.67 bits per heavy atom. The topological polar surface area (TPSA) is 88.3 Å². The molecule has 1 aromatic carbocycles. The van der Waals surface area contributed by atoms with Crippen LogP contribution in [-0.4, -0.2) is 32.7 Å². The van der Waals surface area contributed by atoms with Crippen molar-refractivity contribution in [2.24, 2.45) is 0 Å². The highest BCUT2D eigenvalue weighted by molar-refractivity contribution is 7.89.